The fourth-order valence-electron chi connectivity index (χ4n) is 4.77. The highest BCUT2D eigenvalue weighted by Gasteiger charge is 2.35. The Labute approximate surface area is 260 Å². The van der Waals surface area contributed by atoms with Crippen molar-refractivity contribution in [3.63, 3.8) is 0 Å². The Hall–Kier alpha value is -4.99. The van der Waals surface area contributed by atoms with Crippen molar-refractivity contribution in [2.24, 2.45) is 0 Å². The molecule has 0 aliphatic carbocycles. The Morgan fingerprint density at radius 2 is 1.76 bits per heavy atom. The van der Waals surface area contributed by atoms with Gasteiger partial charge in [0.05, 0.1) is 5.52 Å². The van der Waals surface area contributed by atoms with Gasteiger partial charge in [-0.25, -0.2) is 13.7 Å². The molecule has 2 N–H and O–H groups in total. The molecule has 3 aromatic rings. The van der Waals surface area contributed by atoms with Gasteiger partial charge in [-0.1, -0.05) is 55.6 Å². The predicted octanol–water partition coefficient (Wildman–Crippen LogP) is 6.73. The summed E-state index contributed by atoms with van der Waals surface area (Å²) in [5, 5.41) is 16.7. The maximum atomic E-state index is 16.4. The van der Waals surface area contributed by atoms with E-state index < -0.39 is 35.1 Å². The normalized spacial score (nSPS) is 14.6. The predicted molar refractivity (Wildman–Crippen MR) is 168 cm³/mol. The summed E-state index contributed by atoms with van der Waals surface area (Å²) < 4.78 is 46.8. The SMILES string of the molecule is C=C(C)C(F)(F)C=C/C(=C(\C=O)Cc1cccc(C[C@H](NC(=O)c2nn3ccccc3c2C)C(=O)O)c1)C(F)(/C=C/C)C(=C)C. The average Bonchev–Trinajstić information content (AvgIpc) is 3.32. The molecule has 1 amide bonds. The van der Waals surface area contributed by atoms with E-state index in [1.807, 2.05) is 0 Å². The zero-order valence-electron chi connectivity index (χ0n) is 25.6. The number of aryl methyl sites for hydroxylation is 1. The van der Waals surface area contributed by atoms with Crippen LogP contribution in [0.1, 0.15) is 48.0 Å². The number of rotatable bonds is 14. The molecule has 1 aromatic carbocycles. The van der Waals surface area contributed by atoms with E-state index in [1.54, 1.807) is 62.5 Å². The second-order valence-electron chi connectivity index (χ2n) is 10.9. The number of aliphatic carboxylic acids is 1. The second-order valence-corrected chi connectivity index (χ2v) is 10.9. The van der Waals surface area contributed by atoms with Crippen LogP contribution in [0.15, 0.2) is 108 Å². The molecule has 0 bridgehead atoms. The van der Waals surface area contributed by atoms with Crippen molar-refractivity contribution in [2.75, 3.05) is 0 Å². The first-order chi connectivity index (χ1) is 21.1. The van der Waals surface area contributed by atoms with Crippen LogP contribution in [0.4, 0.5) is 13.2 Å². The van der Waals surface area contributed by atoms with Gasteiger partial charge in [0.2, 0.25) is 0 Å². The summed E-state index contributed by atoms with van der Waals surface area (Å²) in [5.74, 6) is -5.38. The molecule has 0 spiro atoms. The third-order valence-corrected chi connectivity index (χ3v) is 7.36. The van der Waals surface area contributed by atoms with E-state index in [0.29, 0.717) is 34.6 Å². The van der Waals surface area contributed by atoms with E-state index in [9.17, 15) is 28.3 Å². The largest absolute Gasteiger partial charge is 0.480 e. The first-order valence-electron chi connectivity index (χ1n) is 14.1. The molecule has 0 aliphatic rings. The van der Waals surface area contributed by atoms with Crippen LogP contribution in [-0.2, 0) is 22.4 Å². The van der Waals surface area contributed by atoms with E-state index in [1.165, 1.54) is 17.5 Å². The van der Waals surface area contributed by atoms with Crippen molar-refractivity contribution in [3.05, 3.63) is 131 Å². The lowest BCUT2D eigenvalue weighted by Gasteiger charge is -2.26. The first kappa shape index (κ1) is 34.5. The lowest BCUT2D eigenvalue weighted by molar-refractivity contribution is -0.139. The number of hydrogen-bond acceptors (Lipinski definition) is 4. The molecule has 2 atom stereocenters. The molecular formula is C35H36F3N3O4. The molecule has 0 aliphatic heterocycles. The summed E-state index contributed by atoms with van der Waals surface area (Å²) in [5.41, 5.74) is -0.957. The number of nitrogens with one attached hydrogen (secondary N) is 1. The molecule has 236 valence electrons. The van der Waals surface area contributed by atoms with Gasteiger partial charge in [-0.15, -0.1) is 0 Å². The van der Waals surface area contributed by atoms with E-state index in [0.717, 1.165) is 19.1 Å². The third kappa shape index (κ3) is 7.94. The van der Waals surface area contributed by atoms with E-state index in [4.69, 9.17) is 0 Å². The smallest absolute Gasteiger partial charge is 0.326 e. The van der Waals surface area contributed by atoms with Crippen LogP contribution < -0.4 is 5.32 Å². The van der Waals surface area contributed by atoms with Crippen LogP contribution in [0.5, 0.6) is 0 Å². The summed E-state index contributed by atoms with van der Waals surface area (Å²) in [6.45, 7) is 12.8. The average molecular weight is 620 g/mol. The highest BCUT2D eigenvalue weighted by molar-refractivity contribution is 5.97. The van der Waals surface area contributed by atoms with Crippen molar-refractivity contribution in [1.82, 2.24) is 14.9 Å². The minimum atomic E-state index is -3.46. The molecule has 3 rings (SSSR count). The third-order valence-electron chi connectivity index (χ3n) is 7.36. The monoisotopic (exact) mass is 619 g/mol. The molecule has 2 heterocycles. The van der Waals surface area contributed by atoms with Crippen LogP contribution in [0, 0.1) is 6.92 Å². The summed E-state index contributed by atoms with van der Waals surface area (Å²) in [6.07, 6.45) is 5.73. The van der Waals surface area contributed by atoms with Gasteiger partial charge in [0.25, 0.3) is 11.8 Å². The fourth-order valence-corrected chi connectivity index (χ4v) is 4.77. The number of carbonyl (C=O) groups excluding carboxylic acids is 2. The lowest BCUT2D eigenvalue weighted by Crippen LogP contribution is -2.42. The number of alkyl halides is 3. The van der Waals surface area contributed by atoms with Gasteiger partial charge < -0.3 is 10.4 Å². The number of carboxylic acids is 1. The number of carboxylic acid groups (broad SMARTS) is 1. The van der Waals surface area contributed by atoms with Crippen LogP contribution >= 0.6 is 0 Å². The van der Waals surface area contributed by atoms with E-state index in [-0.39, 0.29) is 35.3 Å². The first-order valence-corrected chi connectivity index (χ1v) is 14.1. The molecule has 2 aromatic heterocycles. The Kier molecular flexibility index (Phi) is 10.9. The number of fused-ring (bicyclic) bond motifs is 1. The van der Waals surface area contributed by atoms with Gasteiger partial charge >= 0.3 is 5.97 Å². The number of allylic oxidation sites excluding steroid dienone is 8. The zero-order chi connectivity index (χ0) is 33.5. The Morgan fingerprint density at radius 3 is 2.33 bits per heavy atom. The fraction of sp³-hybridized carbons (Fsp3) is 0.257. The molecule has 0 saturated heterocycles. The topological polar surface area (TPSA) is 101 Å². The standard InChI is InChI=1S/C35H36F3N3O4/c1-7-15-34(36,22(2)3)28(14-16-35(37,38)23(4)5)27(21-42)19-25-11-10-12-26(18-25)20-29(33(44)45)39-32(43)31-24(6)30-13-8-9-17-41(30)40-31/h7-18,21,29H,2,4,19-20H2,1,3,5-6H3,(H,39,43)(H,44,45)/b15-7+,16-14?,28-27+/t29-,34?/m0/s1. The second kappa shape index (κ2) is 14.2. The van der Waals surface area contributed by atoms with E-state index >= 15 is 4.39 Å². The number of carbonyl (C=O) groups is 3. The molecule has 10 heteroatoms. The van der Waals surface area contributed by atoms with Crippen LogP contribution in [0.2, 0.25) is 0 Å². The molecule has 0 radical (unpaired) electrons. The van der Waals surface area contributed by atoms with Gasteiger partial charge in [-0.3, -0.25) is 9.59 Å². The van der Waals surface area contributed by atoms with Crippen molar-refractivity contribution in [1.29, 1.82) is 0 Å². The van der Waals surface area contributed by atoms with Gasteiger partial charge in [0, 0.05) is 35.7 Å². The lowest BCUT2D eigenvalue weighted by atomic mass is 9.83. The minimum Gasteiger partial charge on any atom is -0.480 e. The quantitative estimate of drug-likeness (QED) is 0.0902. The Morgan fingerprint density at radius 1 is 1.07 bits per heavy atom. The summed E-state index contributed by atoms with van der Waals surface area (Å²) in [4.78, 5) is 37.5. The van der Waals surface area contributed by atoms with Crippen molar-refractivity contribution in [3.8, 4) is 0 Å². The van der Waals surface area contributed by atoms with Crippen LogP contribution in [0.25, 0.3) is 5.52 Å². The minimum absolute atomic E-state index is 0.0205. The van der Waals surface area contributed by atoms with Crippen LogP contribution in [-0.4, -0.2) is 50.5 Å². The maximum absolute atomic E-state index is 16.4. The van der Waals surface area contributed by atoms with Gasteiger partial charge in [0.1, 0.15) is 12.3 Å². The van der Waals surface area contributed by atoms with Gasteiger partial charge in [-0.2, -0.15) is 13.9 Å². The number of nitrogens with zero attached hydrogens (tertiary/aromatic N) is 2. The molecule has 0 saturated carbocycles. The molecule has 45 heavy (non-hydrogen) atoms. The summed E-state index contributed by atoms with van der Waals surface area (Å²) >= 11 is 0. The van der Waals surface area contributed by atoms with Crippen molar-refractivity contribution in [2.45, 2.75) is 58.2 Å². The highest BCUT2D eigenvalue weighted by Crippen LogP contribution is 2.36. The maximum Gasteiger partial charge on any atom is 0.326 e. The highest BCUT2D eigenvalue weighted by atomic mass is 19.3. The van der Waals surface area contributed by atoms with Gasteiger partial charge in [0.15, 0.2) is 11.4 Å². The number of benzene rings is 1. The molecule has 1 unspecified atom stereocenters. The van der Waals surface area contributed by atoms with Crippen LogP contribution in [0.3, 0.4) is 0 Å². The molecule has 7 nitrogen and oxygen atoms in total. The number of aromatic nitrogens is 2. The Bertz CT molecular complexity index is 1730. The van der Waals surface area contributed by atoms with E-state index in [2.05, 4.69) is 23.6 Å². The molecule has 0 fully saturated rings. The Balaban J connectivity index is 1.96. The summed E-state index contributed by atoms with van der Waals surface area (Å²) in [7, 11) is 0. The number of aldehydes is 1. The van der Waals surface area contributed by atoms with Gasteiger partial charge in [-0.05, 0) is 74.3 Å². The number of amides is 1. The number of hydrogen-bond donors (Lipinski definition) is 2. The van der Waals surface area contributed by atoms with Crippen molar-refractivity contribution >= 4 is 23.7 Å². The van der Waals surface area contributed by atoms with Crippen molar-refractivity contribution < 1.29 is 32.7 Å². The molecular weight excluding hydrogens is 583 g/mol. The number of pyridine rings is 1. The summed E-state index contributed by atoms with van der Waals surface area (Å²) in [6, 6.07) is 10.5. The number of halogens is 3. The zero-order valence-corrected chi connectivity index (χ0v) is 25.6.